The van der Waals surface area contributed by atoms with Crippen LogP contribution in [-0.4, -0.2) is 55.4 Å². The number of hydrogen-bond donors (Lipinski definition) is 1. The molecule has 29 heavy (non-hydrogen) atoms. The van der Waals surface area contributed by atoms with Crippen molar-refractivity contribution >= 4 is 5.69 Å². The van der Waals surface area contributed by atoms with E-state index in [0.29, 0.717) is 38.5 Å². The highest BCUT2D eigenvalue weighted by Crippen LogP contribution is 2.34. The number of piperidine rings is 1. The molecule has 0 aliphatic carbocycles. The molecule has 0 amide bonds. The first kappa shape index (κ1) is 22.4. The number of halogens is 3. The molecule has 0 spiro atoms. The second kappa shape index (κ2) is 8.44. The maximum absolute atomic E-state index is 13.3. The summed E-state index contributed by atoms with van der Waals surface area (Å²) in [6.45, 7) is 13.9. The quantitative estimate of drug-likeness (QED) is 0.797. The normalized spacial score (nSPS) is 21.4. The zero-order valence-corrected chi connectivity index (χ0v) is 18.0. The molecule has 2 heterocycles. The van der Waals surface area contributed by atoms with E-state index in [4.69, 9.17) is 4.74 Å². The van der Waals surface area contributed by atoms with Crippen molar-refractivity contribution in [3.8, 4) is 0 Å². The van der Waals surface area contributed by atoms with Crippen molar-refractivity contribution in [2.75, 3.05) is 44.3 Å². The van der Waals surface area contributed by atoms with Crippen LogP contribution in [0.2, 0.25) is 0 Å². The van der Waals surface area contributed by atoms with Gasteiger partial charge in [-0.25, -0.2) is 0 Å². The van der Waals surface area contributed by atoms with Crippen LogP contribution in [0.25, 0.3) is 0 Å². The molecule has 7 heteroatoms. The molecule has 4 nitrogen and oxygen atoms in total. The number of benzene rings is 1. The van der Waals surface area contributed by atoms with E-state index in [1.807, 2.05) is 4.90 Å². The third kappa shape index (κ3) is 5.64. The van der Waals surface area contributed by atoms with Gasteiger partial charge in [-0.15, -0.1) is 0 Å². The molecule has 0 saturated carbocycles. The Kier molecular flexibility index (Phi) is 6.51. The molecular weight excluding hydrogens is 379 g/mol. The molecule has 164 valence electrons. The Balaban J connectivity index is 1.73. The molecule has 0 aromatic heterocycles. The van der Waals surface area contributed by atoms with Gasteiger partial charge < -0.3 is 15.0 Å². The molecule has 0 atom stereocenters. The van der Waals surface area contributed by atoms with Crippen molar-refractivity contribution < 1.29 is 17.9 Å². The Morgan fingerprint density at radius 3 is 2.21 bits per heavy atom. The van der Waals surface area contributed by atoms with Crippen LogP contribution in [0.15, 0.2) is 18.2 Å². The average molecular weight is 414 g/mol. The first-order valence-electron chi connectivity index (χ1n) is 10.5. The fourth-order valence-corrected chi connectivity index (χ4v) is 4.14. The summed E-state index contributed by atoms with van der Waals surface area (Å²) in [5.41, 5.74) is 1.16. The Labute approximate surface area is 172 Å². The zero-order chi connectivity index (χ0) is 21.3. The molecular formula is C22H34F3N3O. The molecule has 2 aliphatic rings. The van der Waals surface area contributed by atoms with Crippen molar-refractivity contribution in [3.63, 3.8) is 0 Å². The highest BCUT2D eigenvalue weighted by Gasteiger charge is 2.35. The lowest BCUT2D eigenvalue weighted by atomic mass is 9.87. The number of morpholine rings is 1. The van der Waals surface area contributed by atoms with Gasteiger partial charge in [0.1, 0.15) is 0 Å². The summed E-state index contributed by atoms with van der Waals surface area (Å²) in [5.74, 6) is 0. The van der Waals surface area contributed by atoms with E-state index in [9.17, 15) is 13.2 Å². The van der Waals surface area contributed by atoms with Crippen LogP contribution in [0.3, 0.4) is 0 Å². The minimum Gasteiger partial charge on any atom is -0.378 e. The number of anilines is 1. The summed E-state index contributed by atoms with van der Waals surface area (Å²) in [6.07, 6.45) is -2.28. The number of rotatable bonds is 4. The molecule has 1 aromatic rings. The van der Waals surface area contributed by atoms with E-state index in [-0.39, 0.29) is 11.1 Å². The molecule has 2 aliphatic heterocycles. The monoisotopic (exact) mass is 413 g/mol. The van der Waals surface area contributed by atoms with Gasteiger partial charge in [0.25, 0.3) is 0 Å². The predicted octanol–water partition coefficient (Wildman–Crippen LogP) is 4.28. The number of hydrogen-bond acceptors (Lipinski definition) is 4. The maximum atomic E-state index is 13.3. The van der Waals surface area contributed by atoms with E-state index in [1.54, 1.807) is 6.07 Å². The van der Waals surface area contributed by atoms with Gasteiger partial charge in [0.15, 0.2) is 0 Å². The lowest BCUT2D eigenvalue weighted by molar-refractivity contribution is -0.137. The Hall–Kier alpha value is -1.31. The number of likely N-dealkylation sites (tertiary alicyclic amines) is 1. The smallest absolute Gasteiger partial charge is 0.378 e. The van der Waals surface area contributed by atoms with Gasteiger partial charge >= 0.3 is 6.18 Å². The van der Waals surface area contributed by atoms with Gasteiger partial charge in [-0.3, -0.25) is 4.90 Å². The average Bonchev–Trinajstić information content (AvgIpc) is 2.66. The lowest BCUT2D eigenvalue weighted by Gasteiger charge is -2.45. The Bertz CT molecular complexity index is 686. The first-order valence-corrected chi connectivity index (χ1v) is 10.5. The van der Waals surface area contributed by atoms with E-state index >= 15 is 0 Å². The largest absolute Gasteiger partial charge is 0.416 e. The zero-order valence-electron chi connectivity index (χ0n) is 18.0. The summed E-state index contributed by atoms with van der Waals surface area (Å²) in [5, 5.41) is 3.66. The number of nitrogens with zero attached hydrogens (tertiary/aromatic N) is 2. The fourth-order valence-electron chi connectivity index (χ4n) is 4.14. The molecule has 2 saturated heterocycles. The lowest BCUT2D eigenvalue weighted by Crippen LogP contribution is -2.55. The minimum absolute atomic E-state index is 0.00721. The molecule has 2 fully saturated rings. The second-order valence-electron chi connectivity index (χ2n) is 9.51. The molecule has 1 aromatic carbocycles. The summed E-state index contributed by atoms with van der Waals surface area (Å²) in [4.78, 5) is 4.51. The molecule has 1 N–H and O–H groups in total. The van der Waals surface area contributed by atoms with E-state index in [1.165, 1.54) is 12.1 Å². The summed E-state index contributed by atoms with van der Waals surface area (Å²) >= 11 is 0. The number of nitrogens with one attached hydrogen (secondary N) is 1. The van der Waals surface area contributed by atoms with Gasteiger partial charge in [-0.05, 0) is 58.2 Å². The van der Waals surface area contributed by atoms with Crippen LogP contribution in [-0.2, 0) is 17.5 Å². The Morgan fingerprint density at radius 2 is 1.66 bits per heavy atom. The van der Waals surface area contributed by atoms with Crippen LogP contribution in [0.4, 0.5) is 18.9 Å². The molecule has 3 rings (SSSR count). The highest BCUT2D eigenvalue weighted by molar-refractivity contribution is 5.56. The van der Waals surface area contributed by atoms with Crippen LogP contribution >= 0.6 is 0 Å². The topological polar surface area (TPSA) is 27.7 Å². The van der Waals surface area contributed by atoms with Gasteiger partial charge in [-0.1, -0.05) is 6.07 Å². The van der Waals surface area contributed by atoms with Crippen LogP contribution < -0.4 is 10.2 Å². The predicted molar refractivity (Wildman–Crippen MR) is 110 cm³/mol. The minimum atomic E-state index is -4.33. The van der Waals surface area contributed by atoms with Crippen LogP contribution in [0.1, 0.15) is 51.7 Å². The van der Waals surface area contributed by atoms with Gasteiger partial charge in [-0.2, -0.15) is 13.2 Å². The Morgan fingerprint density at radius 1 is 1.03 bits per heavy atom. The van der Waals surface area contributed by atoms with Crippen molar-refractivity contribution in [2.24, 2.45) is 0 Å². The van der Waals surface area contributed by atoms with E-state index in [0.717, 1.165) is 31.5 Å². The number of ether oxygens (including phenoxy) is 1. The fraction of sp³-hybridized carbons (Fsp3) is 0.727. The van der Waals surface area contributed by atoms with Gasteiger partial charge in [0.05, 0.1) is 18.8 Å². The summed E-state index contributed by atoms with van der Waals surface area (Å²) in [6, 6.07) is 4.13. The standard InChI is InChI=1S/C22H34F3N3O/c1-20(2,3)28-9-7-21(4,8-10-28)26-16-17-5-6-18(22(23,24)25)15-19(17)27-11-13-29-14-12-27/h5-6,15,26H,7-14,16H2,1-4H3. The third-order valence-electron chi connectivity index (χ3n) is 6.29. The van der Waals surface area contributed by atoms with E-state index < -0.39 is 11.7 Å². The van der Waals surface area contributed by atoms with Gasteiger partial charge in [0, 0.05) is 49.5 Å². The summed E-state index contributed by atoms with van der Waals surface area (Å²) in [7, 11) is 0. The summed E-state index contributed by atoms with van der Waals surface area (Å²) < 4.78 is 45.2. The van der Waals surface area contributed by atoms with Crippen molar-refractivity contribution in [3.05, 3.63) is 29.3 Å². The SMILES string of the molecule is CC1(NCc2ccc(C(F)(F)F)cc2N2CCOCC2)CCN(C(C)(C)C)CC1. The molecule has 0 radical (unpaired) electrons. The first-order chi connectivity index (χ1) is 13.5. The van der Waals surface area contributed by atoms with E-state index in [2.05, 4.69) is 37.9 Å². The molecule has 0 unspecified atom stereocenters. The van der Waals surface area contributed by atoms with Crippen LogP contribution in [0, 0.1) is 0 Å². The second-order valence-corrected chi connectivity index (χ2v) is 9.51. The van der Waals surface area contributed by atoms with Crippen molar-refractivity contribution in [2.45, 2.75) is 64.3 Å². The van der Waals surface area contributed by atoms with Crippen LogP contribution in [0.5, 0.6) is 0 Å². The highest BCUT2D eigenvalue weighted by atomic mass is 19.4. The van der Waals surface area contributed by atoms with Crippen molar-refractivity contribution in [1.82, 2.24) is 10.2 Å². The van der Waals surface area contributed by atoms with Crippen molar-refractivity contribution in [1.29, 1.82) is 0 Å². The number of alkyl halides is 3. The third-order valence-corrected chi connectivity index (χ3v) is 6.29. The maximum Gasteiger partial charge on any atom is 0.416 e. The van der Waals surface area contributed by atoms with Gasteiger partial charge in [0.2, 0.25) is 0 Å². The molecule has 0 bridgehead atoms.